The number of hydrogen-bond acceptors (Lipinski definition) is 2. The maximum atomic E-state index is 12.4. The number of hydrogen-bond donors (Lipinski definition) is 1. The molecule has 1 aliphatic carbocycles. The summed E-state index contributed by atoms with van der Waals surface area (Å²) in [5.41, 5.74) is 4.69. The lowest BCUT2D eigenvalue weighted by Gasteiger charge is -2.32. The molecule has 18 heavy (non-hydrogen) atoms. The van der Waals surface area contributed by atoms with Crippen LogP contribution in [-0.4, -0.2) is 5.78 Å². The molecule has 5 heteroatoms. The predicted octanol–water partition coefficient (Wildman–Crippen LogP) is 3.00. The monoisotopic (exact) mass is 257 g/mol. The van der Waals surface area contributed by atoms with Crippen molar-refractivity contribution in [3.8, 4) is 0 Å². The van der Waals surface area contributed by atoms with Crippen LogP contribution in [0.1, 0.15) is 36.8 Å². The molecule has 2 N–H and O–H groups in total. The quantitative estimate of drug-likeness (QED) is 0.840. The zero-order chi connectivity index (χ0) is 13.4. The number of halogens is 3. The second kappa shape index (κ2) is 4.39. The van der Waals surface area contributed by atoms with E-state index in [0.29, 0.717) is 18.4 Å². The van der Waals surface area contributed by atoms with Crippen molar-refractivity contribution < 1.29 is 18.0 Å². The van der Waals surface area contributed by atoms with Gasteiger partial charge >= 0.3 is 6.18 Å². The molecule has 0 spiro atoms. The normalized spacial score (nSPS) is 25.2. The van der Waals surface area contributed by atoms with Crippen molar-refractivity contribution in [2.45, 2.75) is 37.4 Å². The summed E-state index contributed by atoms with van der Waals surface area (Å²) in [4.78, 5) is 11.9. The van der Waals surface area contributed by atoms with Crippen LogP contribution in [0, 0.1) is 0 Å². The number of alkyl halides is 3. The molecule has 98 valence electrons. The zero-order valence-electron chi connectivity index (χ0n) is 9.76. The molecule has 1 aromatic carbocycles. The third-order valence-corrected chi connectivity index (χ3v) is 3.45. The Morgan fingerprint density at radius 1 is 1.11 bits per heavy atom. The fourth-order valence-electron chi connectivity index (χ4n) is 2.31. The van der Waals surface area contributed by atoms with Gasteiger partial charge in [0.1, 0.15) is 5.54 Å². The first-order valence-corrected chi connectivity index (χ1v) is 5.84. The lowest BCUT2D eigenvalue weighted by Crippen LogP contribution is -2.46. The molecular formula is C13H14F3NO. The first kappa shape index (κ1) is 13.1. The summed E-state index contributed by atoms with van der Waals surface area (Å²) in [5, 5.41) is 0. The zero-order valence-corrected chi connectivity index (χ0v) is 9.76. The van der Waals surface area contributed by atoms with Crippen LogP contribution < -0.4 is 5.73 Å². The van der Waals surface area contributed by atoms with Crippen LogP contribution in [0.2, 0.25) is 0 Å². The highest BCUT2D eigenvalue weighted by Crippen LogP contribution is 2.34. The van der Waals surface area contributed by atoms with Crippen molar-refractivity contribution in [1.29, 1.82) is 0 Å². The molecule has 1 aliphatic rings. The molecule has 0 bridgehead atoms. The van der Waals surface area contributed by atoms with Gasteiger partial charge in [0.15, 0.2) is 5.78 Å². The van der Waals surface area contributed by atoms with Crippen molar-refractivity contribution in [3.63, 3.8) is 0 Å². The number of benzene rings is 1. The topological polar surface area (TPSA) is 43.1 Å². The molecule has 1 fully saturated rings. The van der Waals surface area contributed by atoms with Crippen LogP contribution in [0.5, 0.6) is 0 Å². The summed E-state index contributed by atoms with van der Waals surface area (Å²) in [7, 11) is 0. The number of Topliss-reactive ketones (excluding diaryl/α,β-unsaturated/α-hetero) is 1. The van der Waals surface area contributed by atoms with Gasteiger partial charge in [-0.3, -0.25) is 4.79 Å². The average molecular weight is 257 g/mol. The molecule has 0 saturated heterocycles. The minimum Gasteiger partial charge on any atom is -0.315 e. The van der Waals surface area contributed by atoms with E-state index in [2.05, 4.69) is 0 Å². The smallest absolute Gasteiger partial charge is 0.315 e. The Hall–Kier alpha value is -1.36. The Kier molecular flexibility index (Phi) is 3.19. The number of nitrogens with two attached hydrogens (primary N) is 1. The van der Waals surface area contributed by atoms with Crippen LogP contribution in [0.15, 0.2) is 24.3 Å². The van der Waals surface area contributed by atoms with Crippen molar-refractivity contribution in [2.75, 3.05) is 0 Å². The van der Waals surface area contributed by atoms with E-state index in [1.54, 1.807) is 0 Å². The Morgan fingerprint density at radius 2 is 1.72 bits per heavy atom. The third-order valence-electron chi connectivity index (χ3n) is 3.45. The summed E-state index contributed by atoms with van der Waals surface area (Å²) in [6.07, 6.45) is -1.84. The summed E-state index contributed by atoms with van der Waals surface area (Å²) in [6, 6.07) is 4.58. The lowest BCUT2D eigenvalue weighted by atomic mass is 9.76. The van der Waals surface area contributed by atoms with Gasteiger partial charge in [0.25, 0.3) is 0 Å². The van der Waals surface area contributed by atoms with Gasteiger partial charge in [0.2, 0.25) is 0 Å². The molecule has 1 atom stereocenters. The molecule has 0 heterocycles. The molecule has 0 aliphatic heterocycles. The summed E-state index contributed by atoms with van der Waals surface area (Å²) < 4.78 is 37.3. The van der Waals surface area contributed by atoms with Gasteiger partial charge in [-0.15, -0.1) is 0 Å². The maximum Gasteiger partial charge on any atom is 0.416 e. The SMILES string of the molecule is N[C@@]1(c2ccc(C(F)(F)F)cc2)CCCCC1=O. The second-order valence-electron chi connectivity index (χ2n) is 4.68. The molecule has 0 radical (unpaired) electrons. The van der Waals surface area contributed by atoms with Gasteiger partial charge in [-0.1, -0.05) is 18.6 Å². The van der Waals surface area contributed by atoms with Gasteiger partial charge in [-0.25, -0.2) is 0 Å². The molecule has 0 unspecified atom stereocenters. The summed E-state index contributed by atoms with van der Waals surface area (Å²) in [6.45, 7) is 0. The van der Waals surface area contributed by atoms with E-state index in [0.717, 1.165) is 25.0 Å². The Labute approximate surface area is 103 Å². The second-order valence-corrected chi connectivity index (χ2v) is 4.68. The minimum absolute atomic E-state index is 0.0893. The molecule has 1 aromatic rings. The van der Waals surface area contributed by atoms with Crippen LogP contribution in [0.3, 0.4) is 0 Å². The maximum absolute atomic E-state index is 12.4. The fourth-order valence-corrected chi connectivity index (χ4v) is 2.31. The van der Waals surface area contributed by atoms with Gasteiger partial charge in [-0.05, 0) is 30.5 Å². The molecule has 2 rings (SSSR count). The van der Waals surface area contributed by atoms with Crippen molar-refractivity contribution in [1.82, 2.24) is 0 Å². The molecule has 0 aromatic heterocycles. The number of rotatable bonds is 1. The highest BCUT2D eigenvalue weighted by molar-refractivity contribution is 5.90. The first-order valence-electron chi connectivity index (χ1n) is 5.84. The highest BCUT2D eigenvalue weighted by atomic mass is 19.4. The van der Waals surface area contributed by atoms with E-state index < -0.39 is 17.3 Å². The van der Waals surface area contributed by atoms with Crippen LogP contribution >= 0.6 is 0 Å². The van der Waals surface area contributed by atoms with Crippen LogP contribution in [-0.2, 0) is 16.5 Å². The van der Waals surface area contributed by atoms with Crippen molar-refractivity contribution in [2.24, 2.45) is 5.73 Å². The van der Waals surface area contributed by atoms with Crippen LogP contribution in [0.25, 0.3) is 0 Å². The average Bonchev–Trinajstić information content (AvgIpc) is 2.32. The third kappa shape index (κ3) is 2.27. The Morgan fingerprint density at radius 3 is 2.22 bits per heavy atom. The van der Waals surface area contributed by atoms with E-state index in [9.17, 15) is 18.0 Å². The number of ketones is 1. The van der Waals surface area contributed by atoms with Gasteiger partial charge in [0, 0.05) is 6.42 Å². The van der Waals surface area contributed by atoms with Gasteiger partial charge in [0.05, 0.1) is 5.56 Å². The fraction of sp³-hybridized carbons (Fsp3) is 0.462. The lowest BCUT2D eigenvalue weighted by molar-refractivity contribution is -0.137. The van der Waals surface area contributed by atoms with E-state index in [4.69, 9.17) is 5.73 Å². The first-order chi connectivity index (χ1) is 8.34. The van der Waals surface area contributed by atoms with E-state index >= 15 is 0 Å². The van der Waals surface area contributed by atoms with Crippen molar-refractivity contribution in [3.05, 3.63) is 35.4 Å². The molecule has 2 nitrogen and oxygen atoms in total. The molecular weight excluding hydrogens is 243 g/mol. The predicted molar refractivity (Wildman–Crippen MR) is 60.8 cm³/mol. The standard InChI is InChI=1S/C13H14F3NO/c14-13(15,16)10-6-4-9(5-7-10)12(17)8-2-1-3-11(12)18/h4-7H,1-3,8,17H2/t12-/m1/s1. The number of carbonyl (C=O) groups excluding carboxylic acids is 1. The Bertz CT molecular complexity index is 452. The molecule has 0 amide bonds. The van der Waals surface area contributed by atoms with E-state index in [1.165, 1.54) is 12.1 Å². The Balaban J connectivity index is 2.31. The summed E-state index contributed by atoms with van der Waals surface area (Å²) in [5.74, 6) is -0.0893. The largest absolute Gasteiger partial charge is 0.416 e. The van der Waals surface area contributed by atoms with E-state index in [-0.39, 0.29) is 5.78 Å². The van der Waals surface area contributed by atoms with Crippen LogP contribution in [0.4, 0.5) is 13.2 Å². The number of carbonyl (C=O) groups is 1. The van der Waals surface area contributed by atoms with Gasteiger partial charge in [-0.2, -0.15) is 13.2 Å². The van der Waals surface area contributed by atoms with Crippen molar-refractivity contribution >= 4 is 5.78 Å². The van der Waals surface area contributed by atoms with Gasteiger partial charge < -0.3 is 5.73 Å². The summed E-state index contributed by atoms with van der Waals surface area (Å²) >= 11 is 0. The minimum atomic E-state index is -4.36. The molecule has 1 saturated carbocycles. The highest BCUT2D eigenvalue weighted by Gasteiger charge is 2.38. The van der Waals surface area contributed by atoms with E-state index in [1.807, 2.05) is 0 Å².